The minimum atomic E-state index is -1.23. The van der Waals surface area contributed by atoms with E-state index in [4.69, 9.17) is 16.3 Å². The summed E-state index contributed by atoms with van der Waals surface area (Å²) in [6, 6.07) is 12.5. The molecule has 0 bridgehead atoms. The summed E-state index contributed by atoms with van der Waals surface area (Å²) in [5, 5.41) is 3.18. The predicted molar refractivity (Wildman–Crippen MR) is 96.4 cm³/mol. The van der Waals surface area contributed by atoms with Gasteiger partial charge in [0.15, 0.2) is 5.78 Å². The summed E-state index contributed by atoms with van der Waals surface area (Å²) in [6.07, 6.45) is 0. The second-order valence-corrected chi connectivity index (χ2v) is 6.54. The minimum Gasteiger partial charge on any atom is -0.497 e. The number of imide groups is 1. The molecule has 0 aliphatic carbocycles. The van der Waals surface area contributed by atoms with Crippen molar-refractivity contribution in [2.75, 3.05) is 13.7 Å². The average Bonchev–Trinajstić information content (AvgIpc) is 2.86. The molecule has 2 aromatic carbocycles. The van der Waals surface area contributed by atoms with E-state index in [0.717, 1.165) is 4.90 Å². The molecule has 1 N–H and O–H groups in total. The molecule has 0 saturated carbocycles. The minimum absolute atomic E-state index is 0.335. The number of nitrogens with zero attached hydrogens (tertiary/aromatic N) is 1. The van der Waals surface area contributed by atoms with E-state index in [-0.39, 0.29) is 12.3 Å². The molecular formula is C19H17ClN2O4. The van der Waals surface area contributed by atoms with Crippen molar-refractivity contribution < 1.29 is 19.1 Å². The molecular weight excluding hydrogens is 356 g/mol. The molecule has 0 radical (unpaired) electrons. The van der Waals surface area contributed by atoms with Crippen LogP contribution in [0.15, 0.2) is 48.5 Å². The lowest BCUT2D eigenvalue weighted by Gasteiger charge is -2.22. The van der Waals surface area contributed by atoms with Gasteiger partial charge in [-0.1, -0.05) is 23.7 Å². The Morgan fingerprint density at radius 3 is 2.31 bits per heavy atom. The van der Waals surface area contributed by atoms with E-state index in [1.54, 1.807) is 62.6 Å². The summed E-state index contributed by atoms with van der Waals surface area (Å²) < 4.78 is 5.11. The van der Waals surface area contributed by atoms with Gasteiger partial charge >= 0.3 is 6.03 Å². The highest BCUT2D eigenvalue weighted by molar-refractivity contribution is 6.30. The van der Waals surface area contributed by atoms with Crippen molar-refractivity contribution >= 4 is 29.3 Å². The maximum Gasteiger partial charge on any atom is 0.325 e. The monoisotopic (exact) mass is 372 g/mol. The zero-order chi connectivity index (χ0) is 18.9. The molecule has 7 heteroatoms. The molecule has 0 spiro atoms. The molecule has 0 aromatic heterocycles. The number of carbonyl (C=O) groups is 3. The van der Waals surface area contributed by atoms with Crippen molar-refractivity contribution in [1.82, 2.24) is 10.2 Å². The fourth-order valence-electron chi connectivity index (χ4n) is 2.83. The van der Waals surface area contributed by atoms with Gasteiger partial charge in [0.05, 0.1) is 13.7 Å². The Hall–Kier alpha value is -2.86. The highest BCUT2D eigenvalue weighted by Crippen LogP contribution is 2.30. The summed E-state index contributed by atoms with van der Waals surface area (Å²) >= 11 is 5.81. The number of carbonyl (C=O) groups excluding carboxylic acids is 3. The summed E-state index contributed by atoms with van der Waals surface area (Å²) in [5.41, 5.74) is -0.241. The molecule has 1 heterocycles. The predicted octanol–water partition coefficient (Wildman–Crippen LogP) is 3.00. The molecule has 3 rings (SSSR count). The van der Waals surface area contributed by atoms with Gasteiger partial charge in [-0.25, -0.2) is 4.79 Å². The normalized spacial score (nSPS) is 19.4. The number of amides is 3. The average molecular weight is 373 g/mol. The van der Waals surface area contributed by atoms with Crippen LogP contribution in [0.4, 0.5) is 4.79 Å². The number of Topliss-reactive ketones (excluding diaryl/α,β-unsaturated/α-hetero) is 1. The lowest BCUT2D eigenvalue weighted by molar-refractivity contribution is -0.130. The summed E-state index contributed by atoms with van der Waals surface area (Å²) in [6.45, 7) is 1.28. The summed E-state index contributed by atoms with van der Waals surface area (Å²) in [5.74, 6) is -0.178. The molecule has 1 aliphatic rings. The van der Waals surface area contributed by atoms with Crippen molar-refractivity contribution in [3.63, 3.8) is 0 Å². The third-order valence-electron chi connectivity index (χ3n) is 4.41. The molecule has 3 amide bonds. The zero-order valence-corrected chi connectivity index (χ0v) is 15.0. The van der Waals surface area contributed by atoms with E-state index in [0.29, 0.717) is 21.9 Å². The van der Waals surface area contributed by atoms with Crippen LogP contribution < -0.4 is 10.1 Å². The van der Waals surface area contributed by atoms with Gasteiger partial charge in [-0.2, -0.15) is 0 Å². The van der Waals surface area contributed by atoms with Crippen LogP contribution in [0.5, 0.6) is 5.75 Å². The third-order valence-corrected chi connectivity index (χ3v) is 4.66. The molecule has 1 aliphatic heterocycles. The fourth-order valence-corrected chi connectivity index (χ4v) is 2.96. The van der Waals surface area contributed by atoms with Gasteiger partial charge in [0.1, 0.15) is 11.3 Å². The topological polar surface area (TPSA) is 75.7 Å². The Bertz CT molecular complexity index is 864. The van der Waals surface area contributed by atoms with Crippen LogP contribution in [-0.2, 0) is 10.3 Å². The van der Waals surface area contributed by atoms with Gasteiger partial charge < -0.3 is 10.1 Å². The Morgan fingerprint density at radius 2 is 1.73 bits per heavy atom. The molecule has 2 aromatic rings. The molecule has 0 unspecified atom stereocenters. The Labute approximate surface area is 155 Å². The van der Waals surface area contributed by atoms with Gasteiger partial charge in [-0.15, -0.1) is 0 Å². The first-order valence-corrected chi connectivity index (χ1v) is 8.30. The van der Waals surface area contributed by atoms with E-state index in [9.17, 15) is 14.4 Å². The van der Waals surface area contributed by atoms with Crippen LogP contribution in [-0.4, -0.2) is 36.3 Å². The van der Waals surface area contributed by atoms with Crippen molar-refractivity contribution in [1.29, 1.82) is 0 Å². The number of nitrogens with one attached hydrogen (secondary N) is 1. The molecule has 134 valence electrons. The van der Waals surface area contributed by atoms with Crippen LogP contribution >= 0.6 is 11.6 Å². The van der Waals surface area contributed by atoms with Crippen molar-refractivity contribution in [3.8, 4) is 5.75 Å². The van der Waals surface area contributed by atoms with Gasteiger partial charge in [0.2, 0.25) is 0 Å². The number of hydrogen-bond donors (Lipinski definition) is 1. The van der Waals surface area contributed by atoms with Crippen LogP contribution in [0, 0.1) is 0 Å². The molecule has 26 heavy (non-hydrogen) atoms. The van der Waals surface area contributed by atoms with Gasteiger partial charge in [0, 0.05) is 10.6 Å². The lowest BCUT2D eigenvalue weighted by Crippen LogP contribution is -2.41. The molecule has 1 atom stereocenters. The Morgan fingerprint density at radius 1 is 1.12 bits per heavy atom. The number of hydrogen-bond acceptors (Lipinski definition) is 4. The first-order chi connectivity index (χ1) is 12.3. The van der Waals surface area contributed by atoms with Gasteiger partial charge in [-0.05, 0) is 48.9 Å². The first-order valence-electron chi connectivity index (χ1n) is 7.92. The van der Waals surface area contributed by atoms with Crippen LogP contribution in [0.2, 0.25) is 5.02 Å². The molecule has 6 nitrogen and oxygen atoms in total. The number of benzene rings is 2. The summed E-state index contributed by atoms with van der Waals surface area (Å²) in [4.78, 5) is 38.5. The van der Waals surface area contributed by atoms with Crippen molar-refractivity contribution in [2.24, 2.45) is 0 Å². The number of rotatable bonds is 5. The standard InChI is InChI=1S/C19H17ClN2O4/c1-19(13-5-9-15(26-2)10-6-13)17(24)22(18(25)21-19)11-16(23)12-3-7-14(20)8-4-12/h3-10H,11H2,1-2H3,(H,21,25)/t19-/m0/s1. The molecule has 1 fully saturated rings. The smallest absolute Gasteiger partial charge is 0.325 e. The fraction of sp³-hybridized carbons (Fsp3) is 0.211. The van der Waals surface area contributed by atoms with Crippen LogP contribution in [0.3, 0.4) is 0 Å². The maximum atomic E-state index is 12.9. The Kier molecular flexibility index (Phi) is 4.70. The SMILES string of the molecule is COc1ccc([C@]2(C)NC(=O)N(CC(=O)c3ccc(Cl)cc3)C2=O)cc1. The number of urea groups is 1. The van der Waals surface area contributed by atoms with Crippen LogP contribution in [0.25, 0.3) is 0 Å². The summed E-state index contributed by atoms with van der Waals surface area (Å²) in [7, 11) is 1.54. The largest absolute Gasteiger partial charge is 0.497 e. The van der Waals surface area contributed by atoms with E-state index >= 15 is 0 Å². The molecule has 1 saturated heterocycles. The van der Waals surface area contributed by atoms with Crippen LogP contribution in [0.1, 0.15) is 22.8 Å². The Balaban J connectivity index is 1.81. The van der Waals surface area contributed by atoms with E-state index in [2.05, 4.69) is 5.32 Å². The van der Waals surface area contributed by atoms with E-state index in [1.807, 2.05) is 0 Å². The van der Waals surface area contributed by atoms with Crippen molar-refractivity contribution in [3.05, 3.63) is 64.7 Å². The second-order valence-electron chi connectivity index (χ2n) is 6.11. The quantitative estimate of drug-likeness (QED) is 0.646. The lowest BCUT2D eigenvalue weighted by atomic mass is 9.92. The highest BCUT2D eigenvalue weighted by Gasteiger charge is 2.49. The zero-order valence-electron chi connectivity index (χ0n) is 14.3. The third kappa shape index (κ3) is 3.15. The van der Waals surface area contributed by atoms with E-state index < -0.39 is 17.5 Å². The van der Waals surface area contributed by atoms with Crippen molar-refractivity contribution in [2.45, 2.75) is 12.5 Å². The maximum absolute atomic E-state index is 12.9. The number of methoxy groups -OCH3 is 1. The van der Waals surface area contributed by atoms with E-state index in [1.165, 1.54) is 0 Å². The number of ketones is 1. The number of halogens is 1. The second kappa shape index (κ2) is 6.80. The van der Waals surface area contributed by atoms with Gasteiger partial charge in [0.25, 0.3) is 5.91 Å². The van der Waals surface area contributed by atoms with Gasteiger partial charge in [-0.3, -0.25) is 14.5 Å². The highest BCUT2D eigenvalue weighted by atomic mass is 35.5. The number of ether oxygens (including phenoxy) is 1. The first kappa shape index (κ1) is 17.9.